The second-order valence-electron chi connectivity index (χ2n) is 6.98. The first-order valence-electron chi connectivity index (χ1n) is 9.26. The number of anilines is 1. The molecule has 2 aromatic carbocycles. The third-order valence-electron chi connectivity index (χ3n) is 5.04. The fourth-order valence-electron chi connectivity index (χ4n) is 3.65. The standard InChI is InChI=1S/C21H23N3O3S/c1-15-14-24(11-10-22-15)18-7-5-6-16-12-17(13-23-21(16)18)28(25,26)20-9-4-3-8-19(20)27-2/h3-9,12-13,15,22H,10-11,14H2,1-2H3/t15-/m0/s1. The van der Waals surface area contributed by atoms with E-state index in [9.17, 15) is 8.42 Å². The Morgan fingerprint density at radius 1 is 1.18 bits per heavy atom. The summed E-state index contributed by atoms with van der Waals surface area (Å²) in [4.78, 5) is 7.15. The maximum absolute atomic E-state index is 13.1. The highest BCUT2D eigenvalue weighted by Gasteiger charge is 2.24. The summed E-state index contributed by atoms with van der Waals surface area (Å²) in [6.45, 7) is 4.86. The SMILES string of the molecule is COc1ccccc1S(=O)(=O)c1cnc2c(N3CCN[C@@H](C)C3)cccc2c1. The molecule has 0 saturated carbocycles. The van der Waals surface area contributed by atoms with Gasteiger partial charge < -0.3 is 15.0 Å². The van der Waals surface area contributed by atoms with Gasteiger partial charge in [0.1, 0.15) is 10.6 Å². The molecule has 0 unspecified atom stereocenters. The van der Waals surface area contributed by atoms with Crippen molar-refractivity contribution in [2.45, 2.75) is 22.8 Å². The van der Waals surface area contributed by atoms with E-state index in [1.165, 1.54) is 13.3 Å². The highest BCUT2D eigenvalue weighted by atomic mass is 32.2. The zero-order chi connectivity index (χ0) is 19.7. The number of methoxy groups -OCH3 is 1. The smallest absolute Gasteiger partial charge is 0.211 e. The zero-order valence-corrected chi connectivity index (χ0v) is 16.7. The Bertz CT molecular complexity index is 1110. The third kappa shape index (κ3) is 3.31. The summed E-state index contributed by atoms with van der Waals surface area (Å²) in [6, 6.07) is 14.6. The minimum Gasteiger partial charge on any atom is -0.495 e. The molecule has 2 heterocycles. The first-order valence-corrected chi connectivity index (χ1v) is 10.7. The van der Waals surface area contributed by atoms with Crippen LogP contribution in [0.5, 0.6) is 5.75 Å². The molecule has 1 saturated heterocycles. The van der Waals surface area contributed by atoms with Gasteiger partial charge in [0.15, 0.2) is 0 Å². The Labute approximate surface area is 165 Å². The van der Waals surface area contributed by atoms with Gasteiger partial charge in [0.2, 0.25) is 9.84 Å². The molecule has 1 aliphatic heterocycles. The number of hydrogen-bond acceptors (Lipinski definition) is 6. The molecule has 6 nitrogen and oxygen atoms in total. The number of fused-ring (bicyclic) bond motifs is 1. The average Bonchev–Trinajstić information content (AvgIpc) is 2.72. The normalized spacial score (nSPS) is 17.6. The van der Waals surface area contributed by atoms with Crippen molar-refractivity contribution in [3.05, 3.63) is 54.7 Å². The van der Waals surface area contributed by atoms with Crippen LogP contribution in [-0.4, -0.2) is 46.2 Å². The van der Waals surface area contributed by atoms with Crippen LogP contribution < -0.4 is 15.0 Å². The summed E-state index contributed by atoms with van der Waals surface area (Å²) in [7, 11) is -2.26. The molecule has 0 amide bonds. The first-order chi connectivity index (χ1) is 13.5. The van der Waals surface area contributed by atoms with Crippen LogP contribution in [0.15, 0.2) is 64.5 Å². The molecule has 1 aliphatic rings. The number of para-hydroxylation sites is 2. The molecule has 0 spiro atoms. The number of hydrogen-bond donors (Lipinski definition) is 1. The molecular weight excluding hydrogens is 374 g/mol. The molecule has 28 heavy (non-hydrogen) atoms. The molecule has 4 rings (SSSR count). The van der Waals surface area contributed by atoms with Gasteiger partial charge in [0.05, 0.1) is 23.2 Å². The van der Waals surface area contributed by atoms with E-state index in [1.807, 2.05) is 18.2 Å². The highest BCUT2D eigenvalue weighted by molar-refractivity contribution is 7.91. The van der Waals surface area contributed by atoms with E-state index in [4.69, 9.17) is 4.74 Å². The number of benzene rings is 2. The molecular formula is C21H23N3O3S. The topological polar surface area (TPSA) is 71.5 Å². The lowest BCUT2D eigenvalue weighted by atomic mass is 10.1. The molecule has 1 N–H and O–H groups in total. The average molecular weight is 398 g/mol. The number of sulfone groups is 1. The lowest BCUT2D eigenvalue weighted by molar-refractivity contribution is 0.402. The minimum absolute atomic E-state index is 0.144. The van der Waals surface area contributed by atoms with E-state index in [-0.39, 0.29) is 9.79 Å². The lowest BCUT2D eigenvalue weighted by Gasteiger charge is -2.34. The third-order valence-corrected chi connectivity index (χ3v) is 6.80. The molecule has 1 aromatic heterocycles. The Kier molecular flexibility index (Phi) is 4.95. The fraction of sp³-hybridized carbons (Fsp3) is 0.286. The highest BCUT2D eigenvalue weighted by Crippen LogP contribution is 2.32. The summed E-state index contributed by atoms with van der Waals surface area (Å²) < 4.78 is 31.5. The van der Waals surface area contributed by atoms with E-state index in [0.29, 0.717) is 11.8 Å². The Balaban J connectivity index is 1.79. The van der Waals surface area contributed by atoms with Gasteiger partial charge in [-0.1, -0.05) is 24.3 Å². The van der Waals surface area contributed by atoms with Crippen molar-refractivity contribution in [1.82, 2.24) is 10.3 Å². The monoisotopic (exact) mass is 397 g/mol. The van der Waals surface area contributed by atoms with Gasteiger partial charge in [0.25, 0.3) is 0 Å². The van der Waals surface area contributed by atoms with Gasteiger partial charge in [0, 0.05) is 37.3 Å². The summed E-state index contributed by atoms with van der Waals surface area (Å²) in [5, 5.41) is 4.24. The molecule has 146 valence electrons. The number of piperazine rings is 1. The maximum atomic E-state index is 13.1. The maximum Gasteiger partial charge on any atom is 0.211 e. The van der Waals surface area contributed by atoms with E-state index in [2.05, 4.69) is 22.1 Å². The van der Waals surface area contributed by atoms with Gasteiger partial charge in [-0.2, -0.15) is 0 Å². The van der Waals surface area contributed by atoms with Gasteiger partial charge >= 0.3 is 0 Å². The van der Waals surface area contributed by atoms with Crippen molar-refractivity contribution >= 4 is 26.4 Å². The van der Waals surface area contributed by atoms with E-state index in [1.54, 1.807) is 30.3 Å². The second-order valence-corrected chi connectivity index (χ2v) is 8.89. The lowest BCUT2D eigenvalue weighted by Crippen LogP contribution is -2.49. The predicted molar refractivity (Wildman–Crippen MR) is 110 cm³/mol. The zero-order valence-electron chi connectivity index (χ0n) is 15.9. The van der Waals surface area contributed by atoms with Crippen LogP contribution in [0.25, 0.3) is 10.9 Å². The van der Waals surface area contributed by atoms with Gasteiger partial charge in [-0.3, -0.25) is 4.98 Å². The van der Waals surface area contributed by atoms with Gasteiger partial charge in [-0.15, -0.1) is 0 Å². The van der Waals surface area contributed by atoms with Crippen LogP contribution in [-0.2, 0) is 9.84 Å². The molecule has 1 atom stereocenters. The fourth-order valence-corrected chi connectivity index (χ4v) is 5.05. The van der Waals surface area contributed by atoms with Crippen molar-refractivity contribution < 1.29 is 13.2 Å². The van der Waals surface area contributed by atoms with Crippen molar-refractivity contribution in [3.8, 4) is 5.75 Å². The van der Waals surface area contributed by atoms with Crippen LogP contribution in [0.4, 0.5) is 5.69 Å². The Hall–Kier alpha value is -2.64. The van der Waals surface area contributed by atoms with Crippen molar-refractivity contribution in [2.75, 3.05) is 31.6 Å². The molecule has 0 aliphatic carbocycles. The van der Waals surface area contributed by atoms with Crippen molar-refractivity contribution in [1.29, 1.82) is 0 Å². The molecule has 0 radical (unpaired) electrons. The largest absolute Gasteiger partial charge is 0.495 e. The molecule has 7 heteroatoms. The van der Waals surface area contributed by atoms with Crippen molar-refractivity contribution in [2.24, 2.45) is 0 Å². The van der Waals surface area contributed by atoms with Crippen molar-refractivity contribution in [3.63, 3.8) is 0 Å². The number of rotatable bonds is 4. The number of ether oxygens (including phenoxy) is 1. The quantitative estimate of drug-likeness (QED) is 0.730. The summed E-state index contributed by atoms with van der Waals surface area (Å²) in [5.74, 6) is 0.325. The number of aromatic nitrogens is 1. The van der Waals surface area contributed by atoms with Crippen LogP contribution >= 0.6 is 0 Å². The minimum atomic E-state index is -3.73. The number of pyridine rings is 1. The second kappa shape index (κ2) is 7.41. The molecule has 1 fully saturated rings. The Morgan fingerprint density at radius 3 is 2.79 bits per heavy atom. The van der Waals surface area contributed by atoms with E-state index in [0.717, 1.165) is 36.2 Å². The summed E-state index contributed by atoms with van der Waals surface area (Å²) in [5.41, 5.74) is 1.85. The van der Waals surface area contributed by atoms with E-state index < -0.39 is 9.84 Å². The first kappa shape index (κ1) is 18.7. The van der Waals surface area contributed by atoms with Crippen LogP contribution in [0, 0.1) is 0 Å². The van der Waals surface area contributed by atoms with Crippen LogP contribution in [0.1, 0.15) is 6.92 Å². The summed E-state index contributed by atoms with van der Waals surface area (Å²) in [6.07, 6.45) is 1.44. The summed E-state index contributed by atoms with van der Waals surface area (Å²) >= 11 is 0. The van der Waals surface area contributed by atoms with Gasteiger partial charge in [-0.05, 0) is 31.2 Å². The Morgan fingerprint density at radius 2 is 2.00 bits per heavy atom. The van der Waals surface area contributed by atoms with Crippen LogP contribution in [0.2, 0.25) is 0 Å². The number of nitrogens with one attached hydrogen (secondary N) is 1. The number of nitrogens with zero attached hydrogens (tertiary/aromatic N) is 2. The van der Waals surface area contributed by atoms with E-state index >= 15 is 0 Å². The van der Waals surface area contributed by atoms with Gasteiger partial charge in [-0.25, -0.2) is 8.42 Å². The predicted octanol–water partition coefficient (Wildman–Crippen LogP) is 2.87. The van der Waals surface area contributed by atoms with Crippen LogP contribution in [0.3, 0.4) is 0 Å². The molecule has 0 bridgehead atoms. The molecule has 3 aromatic rings.